The van der Waals surface area contributed by atoms with Crippen molar-refractivity contribution in [3.63, 3.8) is 0 Å². The maximum Gasteiger partial charge on any atom is 0.273 e. The molecular weight excluding hydrogens is 728 g/mol. The first-order valence-electron chi connectivity index (χ1n) is 19.1. The number of nitrogens with zero attached hydrogens (tertiary/aromatic N) is 4. The molecule has 12 N–H and O–H groups in total. The third-order valence-corrected chi connectivity index (χ3v) is 9.22. The molecule has 0 radical (unpaired) electrons. The maximum atomic E-state index is 13.6. The molecule has 0 saturated heterocycles. The number of amides is 4. The van der Waals surface area contributed by atoms with Gasteiger partial charge in [-0.25, -0.2) is 19.9 Å². The quantitative estimate of drug-likeness (QED) is 0.0756. The molecule has 4 amide bonds. The monoisotopic (exact) mass is 780 g/mol. The zero-order chi connectivity index (χ0) is 39.9. The lowest BCUT2D eigenvalue weighted by atomic mass is 10.1. The SMILES string of the molecule is NCCCC[C@@H]1NC(=O)c2coc(n2)[C@H](CCCCN)NC(=O)c2coc(n2)[C@H](CCCCN)NC(=O)c2coc(n2)[C@H](CCCCN)NC(=O)c2coc1n2. The predicted molar refractivity (Wildman–Crippen MR) is 198 cm³/mol. The molecule has 0 aliphatic carbocycles. The number of nitrogens with two attached hydrogens (primary N) is 4. The molecule has 4 aromatic heterocycles. The van der Waals surface area contributed by atoms with Crippen molar-refractivity contribution in [2.75, 3.05) is 26.2 Å². The molecule has 0 spiro atoms. The van der Waals surface area contributed by atoms with Crippen LogP contribution in [-0.4, -0.2) is 69.7 Å². The van der Waals surface area contributed by atoms with Crippen molar-refractivity contribution in [2.24, 2.45) is 22.9 Å². The van der Waals surface area contributed by atoms with Gasteiger partial charge in [-0.2, -0.15) is 0 Å². The average molecular weight is 781 g/mol. The van der Waals surface area contributed by atoms with Gasteiger partial charge in [0.15, 0.2) is 22.8 Å². The number of oxazole rings is 4. The minimum absolute atomic E-state index is 0.0497. The van der Waals surface area contributed by atoms with Gasteiger partial charge in [-0.15, -0.1) is 0 Å². The molecule has 56 heavy (non-hydrogen) atoms. The van der Waals surface area contributed by atoms with E-state index in [0.717, 1.165) is 0 Å². The van der Waals surface area contributed by atoms with Crippen LogP contribution in [0.1, 0.15) is 167 Å². The fourth-order valence-electron chi connectivity index (χ4n) is 6.14. The van der Waals surface area contributed by atoms with E-state index in [-0.39, 0.29) is 46.3 Å². The van der Waals surface area contributed by atoms with Crippen LogP contribution < -0.4 is 44.2 Å². The topological polar surface area (TPSA) is 325 Å². The molecular formula is C36H52N12O8. The van der Waals surface area contributed by atoms with E-state index < -0.39 is 47.8 Å². The summed E-state index contributed by atoms with van der Waals surface area (Å²) in [5, 5.41) is 11.5. The number of hydrogen-bond acceptors (Lipinski definition) is 16. The Hall–Kier alpha value is -5.44. The Morgan fingerprint density at radius 1 is 0.393 bits per heavy atom. The number of aromatic nitrogens is 4. The zero-order valence-electron chi connectivity index (χ0n) is 31.3. The Kier molecular flexibility index (Phi) is 15.7. The Bertz CT molecular complexity index is 1600. The Morgan fingerprint density at radius 3 is 0.804 bits per heavy atom. The van der Waals surface area contributed by atoms with Gasteiger partial charge in [-0.3, -0.25) is 19.2 Å². The Morgan fingerprint density at radius 2 is 0.607 bits per heavy atom. The van der Waals surface area contributed by atoms with Crippen LogP contribution in [0.25, 0.3) is 0 Å². The number of rotatable bonds is 16. The number of unbranched alkanes of at least 4 members (excludes halogenated alkanes) is 4. The van der Waals surface area contributed by atoms with Gasteiger partial charge in [0.2, 0.25) is 23.6 Å². The summed E-state index contributed by atoms with van der Waals surface area (Å²) in [6.45, 7) is 1.74. The van der Waals surface area contributed by atoms with Crippen LogP contribution >= 0.6 is 0 Å². The fourth-order valence-corrected chi connectivity index (χ4v) is 6.14. The van der Waals surface area contributed by atoms with Crippen LogP contribution in [0.2, 0.25) is 0 Å². The largest absolute Gasteiger partial charge is 0.446 e. The second-order valence-electron chi connectivity index (χ2n) is 13.5. The molecule has 20 nitrogen and oxygen atoms in total. The number of carbonyl (C=O) groups is 4. The van der Waals surface area contributed by atoms with Crippen molar-refractivity contribution in [1.29, 1.82) is 0 Å². The summed E-state index contributed by atoms with van der Waals surface area (Å²) in [7, 11) is 0. The van der Waals surface area contributed by atoms with Crippen molar-refractivity contribution in [2.45, 2.75) is 101 Å². The van der Waals surface area contributed by atoms with Gasteiger partial charge in [0.25, 0.3) is 23.6 Å². The van der Waals surface area contributed by atoms with Gasteiger partial charge in [-0.1, -0.05) is 0 Å². The lowest BCUT2D eigenvalue weighted by molar-refractivity contribution is 0.0914. The van der Waals surface area contributed by atoms with E-state index in [4.69, 9.17) is 40.6 Å². The molecule has 8 bridgehead atoms. The normalized spacial score (nSPS) is 19.5. The van der Waals surface area contributed by atoms with Crippen LogP contribution in [0, 0.1) is 0 Å². The minimum atomic E-state index is -0.755. The molecule has 304 valence electrons. The van der Waals surface area contributed by atoms with E-state index in [1.807, 2.05) is 0 Å². The van der Waals surface area contributed by atoms with Gasteiger partial charge >= 0.3 is 0 Å². The Balaban J connectivity index is 1.51. The zero-order valence-corrected chi connectivity index (χ0v) is 31.3. The van der Waals surface area contributed by atoms with Crippen molar-refractivity contribution in [1.82, 2.24) is 41.2 Å². The van der Waals surface area contributed by atoms with Crippen LogP contribution in [-0.2, 0) is 0 Å². The summed E-state index contributed by atoms with van der Waals surface area (Å²) in [4.78, 5) is 71.9. The molecule has 0 saturated carbocycles. The standard InChI is InChI=1S/C36H52N12O8/c37-13-5-1-9-21-33-45-26(17-53-33)30(50)42-23(11-3-7-15-39)35-47-28(19-55-35)32(52)44-24(12-4-8-16-40)36-48-27(20-56-36)31(51)43-22(10-2-6-14-38)34-46-25(18-54-34)29(49)41-21/h17-24H,1-16,37-40H2,(H,41,49)(H,42,50)(H,43,51)(H,44,52)/t21-,22-,23-,24-/m0/s1. The molecule has 0 aromatic carbocycles. The smallest absolute Gasteiger partial charge is 0.273 e. The van der Waals surface area contributed by atoms with E-state index in [1.54, 1.807) is 0 Å². The number of fused-ring (bicyclic) bond motifs is 8. The average Bonchev–Trinajstić information content (AvgIpc) is 4.03. The molecule has 5 heterocycles. The first-order chi connectivity index (χ1) is 27.2. The number of nitrogens with one attached hydrogen (secondary N) is 4. The number of carbonyl (C=O) groups excluding carboxylic acids is 4. The molecule has 0 unspecified atom stereocenters. The third kappa shape index (κ3) is 11.3. The van der Waals surface area contributed by atoms with Gasteiger partial charge in [0, 0.05) is 0 Å². The van der Waals surface area contributed by atoms with Crippen molar-refractivity contribution in [3.8, 4) is 0 Å². The predicted octanol–water partition coefficient (Wildman–Crippen LogP) is 2.35. The summed E-state index contributed by atoms with van der Waals surface area (Å²) >= 11 is 0. The van der Waals surface area contributed by atoms with Gasteiger partial charge in [0.1, 0.15) is 49.2 Å². The lowest BCUT2D eigenvalue weighted by Crippen LogP contribution is -2.32. The van der Waals surface area contributed by atoms with Crippen LogP contribution in [0.3, 0.4) is 0 Å². The summed E-state index contributed by atoms with van der Waals surface area (Å²) in [5.74, 6) is -2.00. The molecule has 4 atom stereocenters. The highest BCUT2D eigenvalue weighted by atomic mass is 16.4. The van der Waals surface area contributed by atoms with Crippen molar-refractivity contribution >= 4 is 23.6 Å². The van der Waals surface area contributed by atoms with Crippen molar-refractivity contribution in [3.05, 3.63) is 71.4 Å². The highest BCUT2D eigenvalue weighted by Gasteiger charge is 2.30. The highest BCUT2D eigenvalue weighted by molar-refractivity contribution is 5.94. The molecule has 1 aliphatic rings. The molecule has 20 heteroatoms. The second-order valence-corrected chi connectivity index (χ2v) is 13.5. The maximum absolute atomic E-state index is 13.6. The Labute approximate surface area is 323 Å². The summed E-state index contributed by atoms with van der Waals surface area (Å²) in [6.07, 6.45) is 11.5. The first-order valence-corrected chi connectivity index (χ1v) is 19.1. The third-order valence-electron chi connectivity index (χ3n) is 9.22. The summed E-state index contributed by atoms with van der Waals surface area (Å²) < 4.78 is 22.9. The lowest BCUT2D eigenvalue weighted by Gasteiger charge is -2.16. The molecule has 0 fully saturated rings. The van der Waals surface area contributed by atoms with Crippen LogP contribution in [0.15, 0.2) is 42.7 Å². The van der Waals surface area contributed by atoms with Gasteiger partial charge < -0.3 is 61.9 Å². The number of hydrogen-bond donors (Lipinski definition) is 8. The van der Waals surface area contributed by atoms with Crippen LogP contribution in [0.4, 0.5) is 0 Å². The molecule has 5 rings (SSSR count). The van der Waals surface area contributed by atoms with E-state index in [2.05, 4.69) is 41.2 Å². The second kappa shape index (κ2) is 21.0. The van der Waals surface area contributed by atoms with Crippen LogP contribution in [0.5, 0.6) is 0 Å². The summed E-state index contributed by atoms with van der Waals surface area (Å²) in [5.41, 5.74) is 22.7. The van der Waals surface area contributed by atoms with E-state index in [0.29, 0.717) is 103 Å². The minimum Gasteiger partial charge on any atom is -0.446 e. The summed E-state index contributed by atoms with van der Waals surface area (Å²) in [6, 6.07) is -3.02. The van der Waals surface area contributed by atoms with E-state index >= 15 is 0 Å². The van der Waals surface area contributed by atoms with Gasteiger partial charge in [-0.05, 0) is 103 Å². The fraction of sp³-hybridized carbons (Fsp3) is 0.556. The van der Waals surface area contributed by atoms with E-state index in [9.17, 15) is 19.2 Å². The highest BCUT2D eigenvalue weighted by Crippen LogP contribution is 2.26. The molecule has 1 aliphatic heterocycles. The van der Waals surface area contributed by atoms with E-state index in [1.165, 1.54) is 25.1 Å². The van der Waals surface area contributed by atoms with Gasteiger partial charge in [0.05, 0.1) is 0 Å². The first kappa shape index (κ1) is 41.7. The molecule has 4 aromatic rings. The van der Waals surface area contributed by atoms with Crippen molar-refractivity contribution < 1.29 is 36.8 Å².